The Balaban J connectivity index is 4.77. The van der Waals surface area contributed by atoms with Crippen molar-refractivity contribution < 1.29 is 29.3 Å². The van der Waals surface area contributed by atoms with Gasteiger partial charge in [0.25, 0.3) is 0 Å². The fourth-order valence-corrected chi connectivity index (χ4v) is 1.26. The lowest BCUT2D eigenvalue weighted by Crippen LogP contribution is -2.41. The van der Waals surface area contributed by atoms with Crippen LogP contribution in [-0.2, 0) is 19.1 Å². The lowest BCUT2D eigenvalue weighted by atomic mass is 10.0. The zero-order chi connectivity index (χ0) is 14.2. The molecule has 102 valence electrons. The Labute approximate surface area is 106 Å². The van der Waals surface area contributed by atoms with Crippen LogP contribution in [0.2, 0.25) is 0 Å². The Morgan fingerprint density at radius 1 is 1.28 bits per heavy atom. The van der Waals surface area contributed by atoms with Gasteiger partial charge in [0.2, 0.25) is 0 Å². The molecule has 0 heterocycles. The quantitative estimate of drug-likeness (QED) is 0.374. The SMILES string of the molecule is C=CC(=O)OC(O)(CC(C)CCO)OC(=O)C=C. The molecule has 0 spiro atoms. The van der Waals surface area contributed by atoms with Crippen molar-refractivity contribution in [2.45, 2.75) is 25.7 Å². The Bertz CT molecular complexity index is 301. The predicted molar refractivity (Wildman–Crippen MR) is 63.0 cm³/mol. The maximum absolute atomic E-state index is 11.1. The van der Waals surface area contributed by atoms with E-state index >= 15 is 0 Å². The first kappa shape index (κ1) is 16.3. The van der Waals surface area contributed by atoms with Crippen molar-refractivity contribution >= 4 is 11.9 Å². The van der Waals surface area contributed by atoms with E-state index < -0.39 is 17.9 Å². The first-order valence-corrected chi connectivity index (χ1v) is 5.41. The van der Waals surface area contributed by atoms with Crippen LogP contribution in [0.1, 0.15) is 19.8 Å². The van der Waals surface area contributed by atoms with Gasteiger partial charge in [-0.3, -0.25) is 0 Å². The third-order valence-electron chi connectivity index (χ3n) is 2.08. The number of rotatable bonds is 8. The molecule has 0 bridgehead atoms. The predicted octanol–water partition coefficient (Wildman–Crippen LogP) is 0.499. The summed E-state index contributed by atoms with van der Waals surface area (Å²) in [6.45, 7) is 7.95. The normalized spacial score (nSPS) is 12.4. The van der Waals surface area contributed by atoms with Crippen molar-refractivity contribution in [3.8, 4) is 0 Å². The lowest BCUT2D eigenvalue weighted by Gasteiger charge is -2.28. The number of aliphatic hydroxyl groups is 2. The standard InChI is InChI=1S/C12H18O6/c1-4-10(14)17-12(16,18-11(15)5-2)8-9(3)6-7-13/h4-5,9,13,16H,1-2,6-8H2,3H3. The van der Waals surface area contributed by atoms with Gasteiger partial charge in [-0.25, -0.2) is 9.59 Å². The summed E-state index contributed by atoms with van der Waals surface area (Å²) >= 11 is 0. The first-order valence-electron chi connectivity index (χ1n) is 5.41. The lowest BCUT2D eigenvalue weighted by molar-refractivity contribution is -0.327. The Morgan fingerprint density at radius 2 is 1.72 bits per heavy atom. The third kappa shape index (κ3) is 6.17. The smallest absolute Gasteiger partial charge is 0.373 e. The Kier molecular flexibility index (Phi) is 6.92. The maximum Gasteiger partial charge on any atom is 0.373 e. The molecule has 1 atom stereocenters. The first-order chi connectivity index (χ1) is 8.36. The summed E-state index contributed by atoms with van der Waals surface area (Å²) in [6.07, 6.45) is 1.87. The fourth-order valence-electron chi connectivity index (χ4n) is 1.26. The van der Waals surface area contributed by atoms with Gasteiger partial charge >= 0.3 is 17.9 Å². The number of carbonyl (C=O) groups excluding carboxylic acids is 2. The number of ether oxygens (including phenoxy) is 2. The highest BCUT2D eigenvalue weighted by atomic mass is 16.8. The molecule has 0 aliphatic carbocycles. The molecule has 0 amide bonds. The zero-order valence-electron chi connectivity index (χ0n) is 10.3. The van der Waals surface area contributed by atoms with Crippen LogP contribution < -0.4 is 0 Å². The summed E-state index contributed by atoms with van der Waals surface area (Å²) in [5.74, 6) is -4.46. The Morgan fingerprint density at radius 3 is 2.06 bits per heavy atom. The van der Waals surface area contributed by atoms with Gasteiger partial charge in [-0.1, -0.05) is 20.1 Å². The van der Waals surface area contributed by atoms with E-state index in [1.807, 2.05) is 0 Å². The fraction of sp³-hybridized carbons (Fsp3) is 0.500. The van der Waals surface area contributed by atoms with Crippen molar-refractivity contribution in [1.29, 1.82) is 0 Å². The van der Waals surface area contributed by atoms with E-state index in [4.69, 9.17) is 5.11 Å². The summed E-state index contributed by atoms with van der Waals surface area (Å²) < 4.78 is 9.21. The van der Waals surface area contributed by atoms with E-state index in [1.165, 1.54) is 0 Å². The highest BCUT2D eigenvalue weighted by Crippen LogP contribution is 2.23. The number of esters is 2. The topological polar surface area (TPSA) is 93.1 Å². The monoisotopic (exact) mass is 258 g/mol. The third-order valence-corrected chi connectivity index (χ3v) is 2.08. The van der Waals surface area contributed by atoms with E-state index in [9.17, 15) is 14.7 Å². The number of aliphatic hydroxyl groups excluding tert-OH is 1. The van der Waals surface area contributed by atoms with E-state index in [1.54, 1.807) is 6.92 Å². The molecule has 0 fully saturated rings. The molecule has 0 aliphatic heterocycles. The Hall–Kier alpha value is -1.66. The van der Waals surface area contributed by atoms with Crippen molar-refractivity contribution in [3.63, 3.8) is 0 Å². The zero-order valence-corrected chi connectivity index (χ0v) is 10.3. The van der Waals surface area contributed by atoms with Gasteiger partial charge in [0, 0.05) is 18.8 Å². The molecule has 0 aromatic rings. The van der Waals surface area contributed by atoms with E-state index in [2.05, 4.69) is 22.6 Å². The molecular formula is C12H18O6. The molecule has 18 heavy (non-hydrogen) atoms. The molecule has 0 saturated heterocycles. The molecule has 0 aromatic carbocycles. The molecule has 0 aliphatic rings. The summed E-state index contributed by atoms with van der Waals surface area (Å²) in [4.78, 5) is 22.1. The summed E-state index contributed by atoms with van der Waals surface area (Å²) in [6, 6.07) is 0. The van der Waals surface area contributed by atoms with Crippen LogP contribution in [0.3, 0.4) is 0 Å². The summed E-state index contributed by atoms with van der Waals surface area (Å²) in [7, 11) is 0. The number of carbonyl (C=O) groups is 2. The van der Waals surface area contributed by atoms with Gasteiger partial charge in [-0.05, 0) is 12.3 Å². The minimum absolute atomic E-state index is 0.0952. The van der Waals surface area contributed by atoms with Crippen molar-refractivity contribution in [1.82, 2.24) is 0 Å². The highest BCUT2D eigenvalue weighted by Gasteiger charge is 2.37. The summed E-state index contributed by atoms with van der Waals surface area (Å²) in [5, 5.41) is 18.7. The van der Waals surface area contributed by atoms with Crippen LogP contribution in [0.5, 0.6) is 0 Å². The average Bonchev–Trinajstić information content (AvgIpc) is 2.28. The maximum atomic E-state index is 11.1. The van der Waals surface area contributed by atoms with Crippen molar-refractivity contribution in [2.24, 2.45) is 5.92 Å². The summed E-state index contributed by atoms with van der Waals surface area (Å²) in [5.41, 5.74) is 0. The van der Waals surface area contributed by atoms with Gasteiger partial charge in [-0.2, -0.15) is 0 Å². The molecular weight excluding hydrogens is 240 g/mol. The van der Waals surface area contributed by atoms with Crippen molar-refractivity contribution in [3.05, 3.63) is 25.3 Å². The van der Waals surface area contributed by atoms with E-state index in [0.717, 1.165) is 12.2 Å². The molecule has 0 saturated carbocycles. The molecule has 0 aromatic heterocycles. The molecule has 6 heteroatoms. The number of hydrogen-bond donors (Lipinski definition) is 2. The second-order valence-electron chi connectivity index (χ2n) is 3.78. The average molecular weight is 258 g/mol. The van der Waals surface area contributed by atoms with Crippen LogP contribution in [0.4, 0.5) is 0 Å². The number of hydrogen-bond acceptors (Lipinski definition) is 6. The van der Waals surface area contributed by atoms with Crippen LogP contribution in [0.25, 0.3) is 0 Å². The van der Waals surface area contributed by atoms with Gasteiger partial charge in [0.1, 0.15) is 0 Å². The molecule has 0 radical (unpaired) electrons. The molecule has 6 nitrogen and oxygen atoms in total. The molecule has 2 N–H and O–H groups in total. The largest absolute Gasteiger partial charge is 0.396 e. The van der Waals surface area contributed by atoms with Crippen LogP contribution in [0, 0.1) is 5.92 Å². The van der Waals surface area contributed by atoms with Gasteiger partial charge in [0.15, 0.2) is 0 Å². The van der Waals surface area contributed by atoms with E-state index in [0.29, 0.717) is 6.42 Å². The van der Waals surface area contributed by atoms with Crippen LogP contribution >= 0.6 is 0 Å². The minimum atomic E-state index is -2.38. The van der Waals surface area contributed by atoms with Crippen LogP contribution in [-0.4, -0.2) is 34.7 Å². The van der Waals surface area contributed by atoms with Gasteiger partial charge in [-0.15, -0.1) is 0 Å². The second kappa shape index (κ2) is 7.62. The highest BCUT2D eigenvalue weighted by molar-refractivity contribution is 5.83. The van der Waals surface area contributed by atoms with E-state index in [-0.39, 0.29) is 18.9 Å². The second-order valence-corrected chi connectivity index (χ2v) is 3.78. The van der Waals surface area contributed by atoms with Gasteiger partial charge in [0.05, 0.1) is 6.42 Å². The van der Waals surface area contributed by atoms with Gasteiger partial charge < -0.3 is 19.7 Å². The minimum Gasteiger partial charge on any atom is -0.396 e. The van der Waals surface area contributed by atoms with Crippen molar-refractivity contribution in [2.75, 3.05) is 6.61 Å². The van der Waals surface area contributed by atoms with Crippen LogP contribution in [0.15, 0.2) is 25.3 Å². The molecule has 0 rings (SSSR count). The molecule has 1 unspecified atom stereocenters.